The molecule has 3 saturated carbocycles. The predicted molar refractivity (Wildman–Crippen MR) is 156 cm³/mol. The second kappa shape index (κ2) is 11.6. The van der Waals surface area contributed by atoms with E-state index in [0.29, 0.717) is 13.0 Å². The molecule has 3 aliphatic carbocycles. The molecule has 0 aromatic rings. The van der Waals surface area contributed by atoms with Gasteiger partial charge >= 0.3 is 6.03 Å². The van der Waals surface area contributed by atoms with E-state index < -0.39 is 59.1 Å². The number of piperidine rings is 1. The molecular weight excluding hydrogens is 538 g/mol. The molecule has 234 valence electrons. The molecule has 11 heteroatoms. The Morgan fingerprint density at radius 1 is 0.952 bits per heavy atom. The summed E-state index contributed by atoms with van der Waals surface area (Å²) in [4.78, 5) is 79.9. The van der Waals surface area contributed by atoms with Crippen LogP contribution >= 0.6 is 0 Å². The van der Waals surface area contributed by atoms with E-state index in [1.807, 2.05) is 34.6 Å². The van der Waals surface area contributed by atoms with Crippen LogP contribution in [0.3, 0.4) is 0 Å². The topological polar surface area (TPSA) is 168 Å². The van der Waals surface area contributed by atoms with Crippen molar-refractivity contribution in [3.8, 4) is 0 Å². The van der Waals surface area contributed by atoms with Crippen molar-refractivity contribution in [2.24, 2.45) is 46.2 Å². The number of Topliss-reactive ketones (excluding diaryl/α,β-unsaturated/α-hetero) is 2. The summed E-state index contributed by atoms with van der Waals surface area (Å²) in [6.45, 7) is 13.6. The van der Waals surface area contributed by atoms with Gasteiger partial charge in [-0.05, 0) is 53.8 Å². The van der Waals surface area contributed by atoms with Gasteiger partial charge in [0, 0.05) is 12.5 Å². The van der Waals surface area contributed by atoms with E-state index >= 15 is 0 Å². The molecule has 1 unspecified atom stereocenters. The standard InChI is InChI=1S/C31H49N5O6/c1-15(2)23(37)21(17-9-8-10-17)34-29(42)35-25(30(3,4)5)28(41)36-14-18-20(31(18,6)7)22(36)27(40)33-19(13-16-11-12-16)24(38)26(32)39/h15-22,25H,8-14H2,1-7H3,(H2,32,39)(H,33,40)(H2,34,35,42)/t18-,19?,20-,21-,22-,25+/m0/s1. The first kappa shape index (κ1) is 31.9. The number of carbonyl (C=O) groups is 6. The molecular formula is C31H49N5O6. The molecule has 0 aromatic carbocycles. The largest absolute Gasteiger partial charge is 0.363 e. The van der Waals surface area contributed by atoms with E-state index in [-0.39, 0.29) is 40.8 Å². The maximum absolute atomic E-state index is 14.2. The van der Waals surface area contributed by atoms with Gasteiger partial charge in [-0.2, -0.15) is 0 Å². The molecule has 0 aromatic heterocycles. The number of hydrogen-bond donors (Lipinski definition) is 4. The Hall–Kier alpha value is -2.98. The van der Waals surface area contributed by atoms with Crippen molar-refractivity contribution in [3.05, 3.63) is 0 Å². The number of urea groups is 1. The normalized spacial score (nSPS) is 26.8. The third kappa shape index (κ3) is 6.49. The fourth-order valence-corrected chi connectivity index (χ4v) is 6.84. The van der Waals surface area contributed by atoms with Gasteiger partial charge in [-0.25, -0.2) is 4.79 Å². The van der Waals surface area contributed by atoms with Crippen LogP contribution in [-0.4, -0.2) is 70.9 Å². The highest BCUT2D eigenvalue weighted by atomic mass is 16.2. The van der Waals surface area contributed by atoms with Gasteiger partial charge in [0.25, 0.3) is 5.91 Å². The lowest BCUT2D eigenvalue weighted by molar-refractivity contribution is -0.145. The summed E-state index contributed by atoms with van der Waals surface area (Å²) < 4.78 is 0. The number of nitrogens with zero attached hydrogens (tertiary/aromatic N) is 1. The zero-order valence-corrected chi connectivity index (χ0v) is 26.1. The predicted octanol–water partition coefficient (Wildman–Crippen LogP) is 1.92. The van der Waals surface area contributed by atoms with Crippen molar-refractivity contribution in [1.29, 1.82) is 0 Å². The maximum Gasteiger partial charge on any atom is 0.316 e. The lowest BCUT2D eigenvalue weighted by Gasteiger charge is -2.39. The Morgan fingerprint density at radius 2 is 1.57 bits per heavy atom. The smallest absolute Gasteiger partial charge is 0.316 e. The molecule has 1 saturated heterocycles. The Morgan fingerprint density at radius 3 is 2.05 bits per heavy atom. The minimum atomic E-state index is -1.09. The highest BCUT2D eigenvalue weighted by Gasteiger charge is 2.70. The third-order valence-corrected chi connectivity index (χ3v) is 10.1. The van der Waals surface area contributed by atoms with Crippen LogP contribution in [0.5, 0.6) is 0 Å². The van der Waals surface area contributed by atoms with Crippen LogP contribution in [-0.2, 0) is 24.0 Å². The van der Waals surface area contributed by atoms with Crippen molar-refractivity contribution in [3.63, 3.8) is 0 Å². The summed E-state index contributed by atoms with van der Waals surface area (Å²) in [6.07, 6.45) is 4.95. The molecule has 5 N–H and O–H groups in total. The number of rotatable bonds is 12. The van der Waals surface area contributed by atoms with E-state index in [1.165, 1.54) is 4.90 Å². The zero-order chi connectivity index (χ0) is 31.3. The second-order valence-corrected chi connectivity index (χ2v) is 15.0. The van der Waals surface area contributed by atoms with Gasteiger partial charge < -0.3 is 26.6 Å². The van der Waals surface area contributed by atoms with Gasteiger partial charge in [0.05, 0.1) is 12.1 Å². The highest BCUT2D eigenvalue weighted by molar-refractivity contribution is 6.37. The summed E-state index contributed by atoms with van der Waals surface area (Å²) in [7, 11) is 0. The molecule has 4 rings (SSSR count). The van der Waals surface area contributed by atoms with E-state index in [0.717, 1.165) is 32.1 Å². The Kier molecular flexibility index (Phi) is 8.82. The van der Waals surface area contributed by atoms with E-state index in [1.54, 1.807) is 0 Å². The maximum atomic E-state index is 14.2. The van der Waals surface area contributed by atoms with Gasteiger partial charge in [0.1, 0.15) is 12.1 Å². The average Bonchev–Trinajstić information content (AvgIpc) is 3.70. The number of nitrogens with two attached hydrogens (primary N) is 1. The van der Waals surface area contributed by atoms with Crippen molar-refractivity contribution >= 4 is 35.3 Å². The quantitative estimate of drug-likeness (QED) is 0.254. The highest BCUT2D eigenvalue weighted by Crippen LogP contribution is 2.65. The first-order valence-corrected chi connectivity index (χ1v) is 15.5. The minimum Gasteiger partial charge on any atom is -0.363 e. The number of carbonyl (C=O) groups excluding carboxylic acids is 6. The van der Waals surface area contributed by atoms with E-state index in [4.69, 9.17) is 5.73 Å². The van der Waals surface area contributed by atoms with Crippen LogP contribution in [0, 0.1) is 40.4 Å². The van der Waals surface area contributed by atoms with Crippen molar-refractivity contribution < 1.29 is 28.8 Å². The van der Waals surface area contributed by atoms with Crippen molar-refractivity contribution in [2.45, 2.75) is 111 Å². The Bertz CT molecular complexity index is 1140. The molecule has 42 heavy (non-hydrogen) atoms. The molecule has 5 amide bonds. The van der Waals surface area contributed by atoms with E-state index in [9.17, 15) is 28.8 Å². The summed E-state index contributed by atoms with van der Waals surface area (Å²) in [5.74, 6) is -2.75. The fourth-order valence-electron chi connectivity index (χ4n) is 6.84. The first-order chi connectivity index (χ1) is 19.4. The van der Waals surface area contributed by atoms with Gasteiger partial charge in [-0.15, -0.1) is 0 Å². The van der Waals surface area contributed by atoms with Gasteiger partial charge in [-0.3, -0.25) is 24.0 Å². The molecule has 0 radical (unpaired) electrons. The molecule has 4 fully saturated rings. The summed E-state index contributed by atoms with van der Waals surface area (Å²) in [5.41, 5.74) is 4.40. The number of primary amides is 1. The molecule has 1 heterocycles. The second-order valence-electron chi connectivity index (χ2n) is 15.0. The van der Waals surface area contributed by atoms with Crippen LogP contribution in [0.4, 0.5) is 4.79 Å². The van der Waals surface area contributed by atoms with Crippen LogP contribution in [0.15, 0.2) is 0 Å². The molecule has 6 atom stereocenters. The number of fused-ring (bicyclic) bond motifs is 1. The Labute approximate surface area is 248 Å². The van der Waals surface area contributed by atoms with Crippen molar-refractivity contribution in [2.75, 3.05) is 6.54 Å². The third-order valence-electron chi connectivity index (χ3n) is 10.1. The number of hydrogen-bond acceptors (Lipinski definition) is 6. The number of ketones is 2. The summed E-state index contributed by atoms with van der Waals surface area (Å²) >= 11 is 0. The van der Waals surface area contributed by atoms with Crippen LogP contribution in [0.2, 0.25) is 0 Å². The van der Waals surface area contributed by atoms with E-state index in [2.05, 4.69) is 29.8 Å². The first-order valence-electron chi connectivity index (χ1n) is 15.5. The molecule has 0 bridgehead atoms. The molecule has 11 nitrogen and oxygen atoms in total. The monoisotopic (exact) mass is 587 g/mol. The molecule has 1 aliphatic heterocycles. The lowest BCUT2D eigenvalue weighted by Crippen LogP contribution is -2.62. The Balaban J connectivity index is 1.52. The SMILES string of the molecule is CC(C)C(=O)[C@@H](NC(=O)N[C@H](C(=O)N1C[C@H]2[C@@H]([C@H]1C(=O)NC(CC1CC1)C(=O)C(N)=O)C2(C)C)C(C)(C)C)C1CCC1. The van der Waals surface area contributed by atoms with Crippen LogP contribution in [0.1, 0.15) is 87.0 Å². The summed E-state index contributed by atoms with van der Waals surface area (Å²) in [6, 6.07) is -4.04. The van der Waals surface area contributed by atoms with Gasteiger partial charge in [0.2, 0.25) is 17.6 Å². The minimum absolute atomic E-state index is 0.0293. The van der Waals surface area contributed by atoms with Crippen LogP contribution in [0.25, 0.3) is 0 Å². The number of nitrogens with one attached hydrogen (secondary N) is 3. The zero-order valence-electron chi connectivity index (χ0n) is 26.1. The van der Waals surface area contributed by atoms with Gasteiger partial charge in [-0.1, -0.05) is 67.7 Å². The average molecular weight is 588 g/mol. The number of likely N-dealkylation sites (tertiary alicyclic amines) is 1. The molecule has 0 spiro atoms. The summed E-state index contributed by atoms with van der Waals surface area (Å²) in [5, 5.41) is 8.46. The molecule has 4 aliphatic rings. The lowest BCUT2D eigenvalue weighted by atomic mass is 9.76. The van der Waals surface area contributed by atoms with Crippen LogP contribution < -0.4 is 21.7 Å². The fraction of sp³-hybridized carbons (Fsp3) is 0.806. The number of amides is 5. The van der Waals surface area contributed by atoms with Gasteiger partial charge in [0.15, 0.2) is 5.78 Å². The van der Waals surface area contributed by atoms with Crippen molar-refractivity contribution in [1.82, 2.24) is 20.9 Å².